The molecule has 1 atom stereocenters. The van der Waals surface area contributed by atoms with Crippen LogP contribution >= 0.6 is 0 Å². The molecule has 1 aromatic carbocycles. The lowest BCUT2D eigenvalue weighted by Crippen LogP contribution is -2.26. The van der Waals surface area contributed by atoms with Crippen LogP contribution in [0.2, 0.25) is 0 Å². The van der Waals surface area contributed by atoms with Gasteiger partial charge in [-0.3, -0.25) is 4.90 Å². The van der Waals surface area contributed by atoms with Crippen molar-refractivity contribution in [3.8, 4) is 0 Å². The highest BCUT2D eigenvalue weighted by Gasteiger charge is 2.31. The normalized spacial score (nSPS) is 20.0. The van der Waals surface area contributed by atoms with Crippen molar-refractivity contribution in [1.82, 2.24) is 0 Å². The molecule has 1 N–H and O–H groups in total. The number of benzene rings is 1. The summed E-state index contributed by atoms with van der Waals surface area (Å²) in [5.41, 5.74) is 0.391. The highest BCUT2D eigenvalue weighted by Crippen LogP contribution is 2.21. The average Bonchev–Trinajstić information content (AvgIpc) is 2.64. The van der Waals surface area contributed by atoms with Crippen molar-refractivity contribution in [2.24, 2.45) is 0 Å². The quantitative estimate of drug-likeness (QED) is 0.711. The molecule has 1 amide bonds. The molecule has 0 bridgehead atoms. The lowest BCUT2D eigenvalue weighted by molar-refractivity contribution is 0.0963. The first-order valence-corrected chi connectivity index (χ1v) is 4.76. The molecule has 0 spiro atoms. The minimum absolute atomic E-state index is 0.0232. The molecule has 0 aromatic heterocycles. The SMILES string of the molecule is [B]c1ccc(N2C[C@H](CO)OC2=O)cc1F. The summed E-state index contributed by atoms with van der Waals surface area (Å²) >= 11 is 0. The van der Waals surface area contributed by atoms with Crippen molar-refractivity contribution in [1.29, 1.82) is 0 Å². The minimum Gasteiger partial charge on any atom is -0.441 e. The van der Waals surface area contributed by atoms with E-state index in [1.807, 2.05) is 0 Å². The van der Waals surface area contributed by atoms with Gasteiger partial charge in [0.2, 0.25) is 0 Å². The third-order valence-electron chi connectivity index (χ3n) is 2.37. The Bertz CT molecular complexity index is 427. The van der Waals surface area contributed by atoms with Crippen LogP contribution in [0.15, 0.2) is 18.2 Å². The van der Waals surface area contributed by atoms with E-state index < -0.39 is 18.0 Å². The fraction of sp³-hybridized carbons (Fsp3) is 0.300. The fourth-order valence-corrected chi connectivity index (χ4v) is 1.51. The van der Waals surface area contributed by atoms with Crippen molar-refractivity contribution < 1.29 is 19.0 Å². The molecule has 1 aromatic rings. The molecule has 2 radical (unpaired) electrons. The Hall–Kier alpha value is -1.56. The molecule has 2 rings (SSSR count). The lowest BCUT2D eigenvalue weighted by atomic mass is 9.95. The number of nitrogens with zero attached hydrogens (tertiary/aromatic N) is 1. The van der Waals surface area contributed by atoms with Crippen LogP contribution in [0.5, 0.6) is 0 Å². The van der Waals surface area contributed by atoms with Gasteiger partial charge < -0.3 is 9.84 Å². The van der Waals surface area contributed by atoms with Crippen LogP contribution in [0.1, 0.15) is 0 Å². The van der Waals surface area contributed by atoms with Crippen LogP contribution in [0.25, 0.3) is 0 Å². The number of aliphatic hydroxyl groups is 1. The Morgan fingerprint density at radius 3 is 2.94 bits per heavy atom. The summed E-state index contributed by atoms with van der Waals surface area (Å²) in [6, 6.07) is 4.07. The van der Waals surface area contributed by atoms with Crippen molar-refractivity contribution in [2.75, 3.05) is 18.1 Å². The number of ether oxygens (including phenoxy) is 1. The highest BCUT2D eigenvalue weighted by atomic mass is 19.1. The zero-order valence-corrected chi connectivity index (χ0v) is 8.39. The molecular formula is C10H9BFNO3. The molecule has 0 aliphatic carbocycles. The Labute approximate surface area is 93.0 Å². The fourth-order valence-electron chi connectivity index (χ4n) is 1.51. The van der Waals surface area contributed by atoms with Gasteiger partial charge in [-0.15, -0.1) is 0 Å². The zero-order valence-electron chi connectivity index (χ0n) is 8.39. The number of carbonyl (C=O) groups excluding carboxylic acids is 1. The van der Waals surface area contributed by atoms with Crippen molar-refractivity contribution in [2.45, 2.75) is 6.10 Å². The van der Waals surface area contributed by atoms with E-state index in [2.05, 4.69) is 0 Å². The summed E-state index contributed by atoms with van der Waals surface area (Å²) < 4.78 is 18.0. The first kappa shape index (κ1) is 10.9. The van der Waals surface area contributed by atoms with Gasteiger partial charge in [-0.05, 0) is 12.1 Å². The number of rotatable bonds is 2. The molecule has 6 heteroatoms. The monoisotopic (exact) mass is 221 g/mol. The van der Waals surface area contributed by atoms with Gasteiger partial charge in [-0.25, -0.2) is 9.18 Å². The van der Waals surface area contributed by atoms with E-state index in [-0.39, 0.29) is 18.6 Å². The Balaban J connectivity index is 2.24. The number of hydrogen-bond acceptors (Lipinski definition) is 3. The lowest BCUT2D eigenvalue weighted by Gasteiger charge is -2.13. The number of cyclic esters (lactones) is 1. The van der Waals surface area contributed by atoms with E-state index in [0.717, 1.165) is 6.07 Å². The van der Waals surface area contributed by atoms with Crippen LogP contribution in [0.4, 0.5) is 14.9 Å². The predicted molar refractivity (Wildman–Crippen MR) is 56.5 cm³/mol. The smallest absolute Gasteiger partial charge is 0.414 e. The van der Waals surface area contributed by atoms with Gasteiger partial charge in [0, 0.05) is 0 Å². The van der Waals surface area contributed by atoms with E-state index in [4.69, 9.17) is 17.7 Å². The van der Waals surface area contributed by atoms with Gasteiger partial charge in [0.1, 0.15) is 19.8 Å². The molecule has 1 aliphatic rings. The highest BCUT2D eigenvalue weighted by molar-refractivity contribution is 6.32. The van der Waals surface area contributed by atoms with Crippen molar-refractivity contribution >= 4 is 25.1 Å². The van der Waals surface area contributed by atoms with Gasteiger partial charge >= 0.3 is 6.09 Å². The first-order chi connectivity index (χ1) is 7.61. The van der Waals surface area contributed by atoms with Crippen LogP contribution in [0.3, 0.4) is 0 Å². The third-order valence-corrected chi connectivity index (χ3v) is 2.37. The standard InChI is InChI=1S/C10H9BFNO3/c11-8-2-1-6(3-9(8)12)13-4-7(5-14)16-10(13)15/h1-3,7,14H,4-5H2/t7-/m1/s1. The number of aliphatic hydroxyl groups excluding tert-OH is 1. The summed E-state index contributed by atoms with van der Waals surface area (Å²) in [5.74, 6) is -0.585. The summed E-state index contributed by atoms with van der Waals surface area (Å²) in [5, 5.41) is 8.85. The number of anilines is 1. The maximum absolute atomic E-state index is 13.2. The number of hydrogen-bond donors (Lipinski definition) is 1. The molecule has 1 heterocycles. The van der Waals surface area contributed by atoms with E-state index in [0.29, 0.717) is 5.69 Å². The largest absolute Gasteiger partial charge is 0.441 e. The number of amides is 1. The van der Waals surface area contributed by atoms with Gasteiger partial charge in [0.05, 0.1) is 18.8 Å². The average molecular weight is 221 g/mol. The van der Waals surface area contributed by atoms with Gasteiger partial charge in [0.15, 0.2) is 0 Å². The molecule has 82 valence electrons. The summed E-state index contributed by atoms with van der Waals surface area (Å²) in [6.07, 6.45) is -1.16. The Morgan fingerprint density at radius 1 is 1.62 bits per heavy atom. The van der Waals surface area contributed by atoms with E-state index in [1.54, 1.807) is 0 Å². The van der Waals surface area contributed by atoms with Crippen LogP contribution in [-0.2, 0) is 4.74 Å². The number of carbonyl (C=O) groups is 1. The van der Waals surface area contributed by atoms with Crippen molar-refractivity contribution in [3.05, 3.63) is 24.0 Å². The van der Waals surface area contributed by atoms with Gasteiger partial charge in [0.25, 0.3) is 0 Å². The second-order valence-electron chi connectivity index (χ2n) is 3.50. The second-order valence-corrected chi connectivity index (χ2v) is 3.50. The molecule has 0 saturated carbocycles. The molecule has 0 unspecified atom stereocenters. The molecule has 1 fully saturated rings. The molecule has 1 aliphatic heterocycles. The zero-order chi connectivity index (χ0) is 11.7. The van der Waals surface area contributed by atoms with Crippen LogP contribution in [0, 0.1) is 5.82 Å². The predicted octanol–water partition coefficient (Wildman–Crippen LogP) is -0.0630. The first-order valence-electron chi connectivity index (χ1n) is 4.76. The summed E-state index contributed by atoms with van der Waals surface area (Å²) in [6.45, 7) is -0.0433. The van der Waals surface area contributed by atoms with Gasteiger partial charge in [-0.2, -0.15) is 0 Å². The maximum atomic E-state index is 13.2. The molecule has 4 nitrogen and oxygen atoms in total. The Kier molecular flexibility index (Phi) is 2.83. The summed E-state index contributed by atoms with van der Waals surface area (Å²) in [7, 11) is 5.33. The van der Waals surface area contributed by atoms with Gasteiger partial charge in [-0.1, -0.05) is 11.5 Å². The van der Waals surface area contributed by atoms with Crippen LogP contribution < -0.4 is 10.4 Å². The Morgan fingerprint density at radius 2 is 2.38 bits per heavy atom. The molecular weight excluding hydrogens is 212 g/mol. The van der Waals surface area contributed by atoms with E-state index >= 15 is 0 Å². The summed E-state index contributed by atoms with van der Waals surface area (Å²) in [4.78, 5) is 12.6. The minimum atomic E-state index is -0.594. The number of halogens is 1. The van der Waals surface area contributed by atoms with E-state index in [1.165, 1.54) is 17.0 Å². The van der Waals surface area contributed by atoms with Crippen molar-refractivity contribution in [3.63, 3.8) is 0 Å². The van der Waals surface area contributed by atoms with Crippen LogP contribution in [-0.4, -0.2) is 38.3 Å². The maximum Gasteiger partial charge on any atom is 0.414 e. The topological polar surface area (TPSA) is 49.8 Å². The molecule has 16 heavy (non-hydrogen) atoms. The van der Waals surface area contributed by atoms with E-state index in [9.17, 15) is 9.18 Å². The second kappa shape index (κ2) is 4.13. The third kappa shape index (κ3) is 1.88. The molecule has 1 saturated heterocycles.